The molecule has 1 atom stereocenters. The Balaban J connectivity index is 1.77. The third kappa shape index (κ3) is 3.23. The van der Waals surface area contributed by atoms with Gasteiger partial charge in [-0.05, 0) is 42.8 Å². The molecule has 4 aromatic rings. The lowest BCUT2D eigenvalue weighted by atomic mass is 9.98. The van der Waals surface area contributed by atoms with Crippen LogP contribution in [0.25, 0.3) is 11.0 Å². The van der Waals surface area contributed by atoms with Crippen LogP contribution in [0.1, 0.15) is 33.5 Å². The van der Waals surface area contributed by atoms with E-state index >= 15 is 0 Å². The summed E-state index contributed by atoms with van der Waals surface area (Å²) in [6.45, 7) is 5.73. The molecule has 1 aliphatic heterocycles. The van der Waals surface area contributed by atoms with Crippen LogP contribution < -0.4 is 15.1 Å². The standard InChI is InChI=1S/C24H17BrN2O5/c1-3-9-30-16-6-4-5-14(11-16)21-20-22(28)17-12-15(25)7-8-18(17)31-23(20)24(29)27(21)19-10-13(2)32-26-19/h3-8,10-12,21H,1,9H2,2H3/t21-/m1/s1. The Hall–Kier alpha value is -3.65. The second-order valence-electron chi connectivity index (χ2n) is 7.36. The number of halogens is 1. The minimum Gasteiger partial charge on any atom is -0.490 e. The van der Waals surface area contributed by atoms with Gasteiger partial charge in [0.15, 0.2) is 11.2 Å². The van der Waals surface area contributed by atoms with E-state index in [2.05, 4.69) is 27.7 Å². The minimum atomic E-state index is -0.756. The maximum atomic E-state index is 13.6. The molecule has 7 nitrogen and oxygen atoms in total. The average molecular weight is 493 g/mol. The highest BCUT2D eigenvalue weighted by Crippen LogP contribution is 2.41. The molecule has 0 fully saturated rings. The van der Waals surface area contributed by atoms with Crippen molar-refractivity contribution in [2.24, 2.45) is 0 Å². The van der Waals surface area contributed by atoms with Gasteiger partial charge in [0, 0.05) is 10.5 Å². The van der Waals surface area contributed by atoms with Crippen molar-refractivity contribution >= 4 is 38.6 Å². The second-order valence-corrected chi connectivity index (χ2v) is 8.28. The number of rotatable bonds is 5. The summed E-state index contributed by atoms with van der Waals surface area (Å²) in [7, 11) is 0. The smallest absolute Gasteiger partial charge is 0.296 e. The summed E-state index contributed by atoms with van der Waals surface area (Å²) < 4.78 is 17.6. The number of hydrogen-bond donors (Lipinski definition) is 0. The predicted molar refractivity (Wildman–Crippen MR) is 122 cm³/mol. The minimum absolute atomic E-state index is 0.00658. The lowest BCUT2D eigenvalue weighted by Crippen LogP contribution is -2.29. The Morgan fingerprint density at radius 2 is 2.06 bits per heavy atom. The van der Waals surface area contributed by atoms with Gasteiger partial charge in [0.25, 0.3) is 5.91 Å². The molecule has 0 unspecified atom stereocenters. The highest BCUT2D eigenvalue weighted by atomic mass is 79.9. The van der Waals surface area contributed by atoms with E-state index in [-0.39, 0.29) is 16.8 Å². The molecule has 0 radical (unpaired) electrons. The number of fused-ring (bicyclic) bond motifs is 2. The molecule has 160 valence electrons. The van der Waals surface area contributed by atoms with Crippen LogP contribution in [0.2, 0.25) is 0 Å². The van der Waals surface area contributed by atoms with E-state index in [1.54, 1.807) is 49.4 Å². The summed E-state index contributed by atoms with van der Waals surface area (Å²) in [4.78, 5) is 28.5. The Morgan fingerprint density at radius 1 is 1.22 bits per heavy atom. The average Bonchev–Trinajstić information content (AvgIpc) is 3.34. The van der Waals surface area contributed by atoms with Crippen LogP contribution in [0.4, 0.5) is 5.82 Å². The first-order valence-electron chi connectivity index (χ1n) is 9.84. The van der Waals surface area contributed by atoms with E-state index in [1.807, 2.05) is 12.1 Å². The van der Waals surface area contributed by atoms with Gasteiger partial charge in [-0.25, -0.2) is 0 Å². The molecule has 1 amide bonds. The fourth-order valence-corrected chi connectivity index (χ4v) is 4.25. The fourth-order valence-electron chi connectivity index (χ4n) is 3.89. The number of nitrogens with zero attached hydrogens (tertiary/aromatic N) is 2. The Morgan fingerprint density at radius 3 is 2.81 bits per heavy atom. The Labute approximate surface area is 191 Å². The Kier molecular flexibility index (Phi) is 4.94. The molecule has 5 rings (SSSR count). The van der Waals surface area contributed by atoms with Crippen molar-refractivity contribution in [2.75, 3.05) is 11.5 Å². The number of hydrogen-bond acceptors (Lipinski definition) is 6. The first-order chi connectivity index (χ1) is 15.5. The molecule has 8 heteroatoms. The maximum Gasteiger partial charge on any atom is 0.296 e. The van der Waals surface area contributed by atoms with Gasteiger partial charge < -0.3 is 13.7 Å². The van der Waals surface area contributed by atoms with Crippen LogP contribution >= 0.6 is 15.9 Å². The van der Waals surface area contributed by atoms with Gasteiger partial charge in [-0.1, -0.05) is 45.9 Å². The van der Waals surface area contributed by atoms with Crippen molar-refractivity contribution in [3.8, 4) is 5.75 Å². The van der Waals surface area contributed by atoms with Crippen LogP contribution in [-0.4, -0.2) is 17.7 Å². The molecule has 0 aliphatic carbocycles. The molecule has 0 spiro atoms. The highest BCUT2D eigenvalue weighted by molar-refractivity contribution is 9.10. The van der Waals surface area contributed by atoms with Crippen LogP contribution in [0.15, 0.2) is 79.4 Å². The lowest BCUT2D eigenvalue weighted by Gasteiger charge is -2.22. The van der Waals surface area contributed by atoms with Crippen molar-refractivity contribution in [1.82, 2.24) is 5.16 Å². The molecular formula is C24H17BrN2O5. The molecule has 0 saturated heterocycles. The molecule has 2 aromatic heterocycles. The molecule has 32 heavy (non-hydrogen) atoms. The summed E-state index contributed by atoms with van der Waals surface area (Å²) in [5.74, 6) is 0.961. The van der Waals surface area contributed by atoms with Crippen LogP contribution in [0, 0.1) is 6.92 Å². The number of benzene rings is 2. The van der Waals surface area contributed by atoms with E-state index in [4.69, 9.17) is 13.7 Å². The summed E-state index contributed by atoms with van der Waals surface area (Å²) in [6, 6.07) is 13.2. The molecule has 3 heterocycles. The molecular weight excluding hydrogens is 476 g/mol. The van der Waals surface area contributed by atoms with Gasteiger partial charge in [-0.3, -0.25) is 14.5 Å². The normalized spacial score (nSPS) is 15.2. The highest BCUT2D eigenvalue weighted by Gasteiger charge is 2.45. The van der Waals surface area contributed by atoms with Crippen molar-refractivity contribution in [1.29, 1.82) is 0 Å². The zero-order valence-corrected chi connectivity index (χ0v) is 18.6. The first kappa shape index (κ1) is 20.3. The predicted octanol–water partition coefficient (Wildman–Crippen LogP) is 5.17. The molecule has 0 bridgehead atoms. The van der Waals surface area contributed by atoms with Gasteiger partial charge in [0.05, 0.1) is 17.0 Å². The van der Waals surface area contributed by atoms with E-state index in [1.165, 1.54) is 4.90 Å². The van der Waals surface area contributed by atoms with Gasteiger partial charge in [-0.15, -0.1) is 0 Å². The third-order valence-corrected chi connectivity index (χ3v) is 5.73. The fraction of sp³-hybridized carbons (Fsp3) is 0.125. The SMILES string of the molecule is C=CCOc1cccc([C@@H]2c3c(oc4ccc(Br)cc4c3=O)C(=O)N2c2cc(C)on2)c1. The molecule has 2 aromatic carbocycles. The first-order valence-corrected chi connectivity index (χ1v) is 10.6. The van der Waals surface area contributed by atoms with Crippen LogP contribution in [0.3, 0.4) is 0 Å². The van der Waals surface area contributed by atoms with Crippen molar-refractivity contribution in [2.45, 2.75) is 13.0 Å². The number of aryl methyl sites for hydroxylation is 1. The van der Waals surface area contributed by atoms with Gasteiger partial charge in [0.2, 0.25) is 5.76 Å². The zero-order valence-electron chi connectivity index (χ0n) is 17.0. The summed E-state index contributed by atoms with van der Waals surface area (Å²) >= 11 is 3.40. The van der Waals surface area contributed by atoms with Gasteiger partial charge in [0.1, 0.15) is 23.7 Å². The van der Waals surface area contributed by atoms with Gasteiger partial charge >= 0.3 is 0 Å². The number of aromatic nitrogens is 1. The van der Waals surface area contributed by atoms with E-state index in [0.717, 1.165) is 4.47 Å². The zero-order chi connectivity index (χ0) is 22.4. The Bertz CT molecular complexity index is 1440. The number of anilines is 1. The summed E-state index contributed by atoms with van der Waals surface area (Å²) in [6.07, 6.45) is 1.64. The second kappa shape index (κ2) is 7.80. The monoisotopic (exact) mass is 492 g/mol. The van der Waals surface area contributed by atoms with E-state index < -0.39 is 11.9 Å². The van der Waals surface area contributed by atoms with Crippen LogP contribution in [-0.2, 0) is 0 Å². The third-order valence-electron chi connectivity index (χ3n) is 5.24. The number of amides is 1. The molecule has 1 aliphatic rings. The number of carbonyl (C=O) groups excluding carboxylic acids is 1. The number of carbonyl (C=O) groups is 1. The van der Waals surface area contributed by atoms with Gasteiger partial charge in [-0.2, -0.15) is 0 Å². The molecule has 0 N–H and O–H groups in total. The topological polar surface area (TPSA) is 85.8 Å². The summed E-state index contributed by atoms with van der Waals surface area (Å²) in [5.41, 5.74) is 0.995. The maximum absolute atomic E-state index is 13.6. The number of ether oxygens (including phenoxy) is 1. The van der Waals surface area contributed by atoms with Crippen molar-refractivity contribution in [3.05, 3.63) is 98.5 Å². The van der Waals surface area contributed by atoms with E-state index in [9.17, 15) is 9.59 Å². The van der Waals surface area contributed by atoms with Crippen molar-refractivity contribution in [3.63, 3.8) is 0 Å². The largest absolute Gasteiger partial charge is 0.490 e. The molecule has 0 saturated carbocycles. The summed E-state index contributed by atoms with van der Waals surface area (Å²) in [5, 5.41) is 4.41. The van der Waals surface area contributed by atoms with Crippen molar-refractivity contribution < 1.29 is 18.5 Å². The van der Waals surface area contributed by atoms with E-state index in [0.29, 0.717) is 40.5 Å². The van der Waals surface area contributed by atoms with Crippen LogP contribution in [0.5, 0.6) is 5.75 Å². The quantitative estimate of drug-likeness (QED) is 0.357. The lowest BCUT2D eigenvalue weighted by molar-refractivity contribution is 0.0969.